The number of rotatable bonds is 11. The third-order valence-corrected chi connectivity index (χ3v) is 6.00. The lowest BCUT2D eigenvalue weighted by molar-refractivity contribution is -0.138. The number of nitrogens with zero attached hydrogens (tertiary/aromatic N) is 3. The molecule has 0 bridgehead atoms. The molecule has 2 rings (SSSR count). The average molecular weight is 498 g/mol. The Morgan fingerprint density at radius 2 is 1.57 bits per heavy atom. The number of carbonyl (C=O) groups is 2. The van der Waals surface area contributed by atoms with Crippen LogP contribution in [-0.2, 0) is 25.2 Å². The van der Waals surface area contributed by atoms with Crippen molar-refractivity contribution in [1.82, 2.24) is 14.7 Å². The van der Waals surface area contributed by atoms with Gasteiger partial charge >= 0.3 is 12.1 Å². The van der Waals surface area contributed by atoms with Gasteiger partial charge in [0.15, 0.2) is 0 Å². The number of methoxy groups -OCH3 is 1. The van der Waals surface area contributed by atoms with E-state index >= 15 is 0 Å². The van der Waals surface area contributed by atoms with E-state index in [0.29, 0.717) is 49.1 Å². The van der Waals surface area contributed by atoms with Gasteiger partial charge in [-0.1, -0.05) is 12.1 Å². The van der Waals surface area contributed by atoms with Gasteiger partial charge in [-0.3, -0.25) is 4.79 Å². The van der Waals surface area contributed by atoms with Crippen LogP contribution >= 0.6 is 0 Å². The second-order valence-corrected chi connectivity index (χ2v) is 8.95. The topological polar surface area (TPSA) is 62.3 Å². The lowest BCUT2D eigenvalue weighted by Gasteiger charge is -2.39. The van der Waals surface area contributed by atoms with Gasteiger partial charge in [0.1, 0.15) is 6.61 Å². The third kappa shape index (κ3) is 7.08. The van der Waals surface area contributed by atoms with Crippen LogP contribution < -0.4 is 0 Å². The minimum absolute atomic E-state index is 0.107. The van der Waals surface area contributed by atoms with E-state index in [2.05, 4.69) is 0 Å². The Hall–Kier alpha value is -2.85. The van der Waals surface area contributed by atoms with Crippen LogP contribution in [0.4, 0.5) is 13.2 Å². The summed E-state index contributed by atoms with van der Waals surface area (Å²) in [5.41, 5.74) is 2.24. The maximum absolute atomic E-state index is 13.2. The highest BCUT2D eigenvalue weighted by molar-refractivity contribution is 5.92. The largest absolute Gasteiger partial charge is 0.466 e. The molecule has 1 atom stereocenters. The maximum Gasteiger partial charge on any atom is 0.416 e. The molecular formula is C25H34F3N3O4. The van der Waals surface area contributed by atoms with Crippen molar-refractivity contribution >= 4 is 12.4 Å². The fourth-order valence-electron chi connectivity index (χ4n) is 4.22. The number of benzene rings is 1. The minimum atomic E-state index is -4.49. The first-order chi connectivity index (χ1) is 16.4. The predicted molar refractivity (Wildman–Crippen MR) is 126 cm³/mol. The van der Waals surface area contributed by atoms with Crippen molar-refractivity contribution in [2.24, 2.45) is 0 Å². The molecule has 1 aromatic rings. The van der Waals surface area contributed by atoms with Crippen LogP contribution in [0.25, 0.3) is 0 Å². The minimum Gasteiger partial charge on any atom is -0.466 e. The molecule has 7 nitrogen and oxygen atoms in total. The van der Waals surface area contributed by atoms with E-state index in [-0.39, 0.29) is 6.61 Å². The van der Waals surface area contributed by atoms with Gasteiger partial charge in [-0.05, 0) is 51.5 Å². The molecule has 0 fully saturated rings. The van der Waals surface area contributed by atoms with Crippen molar-refractivity contribution in [3.8, 4) is 0 Å². The zero-order valence-electron chi connectivity index (χ0n) is 21.1. The molecule has 1 aliphatic rings. The maximum atomic E-state index is 13.2. The summed E-state index contributed by atoms with van der Waals surface area (Å²) in [6, 6.07) is 4.74. The van der Waals surface area contributed by atoms with Crippen molar-refractivity contribution in [2.75, 3.05) is 62.0 Å². The lowest BCUT2D eigenvalue weighted by atomic mass is 9.78. The fraction of sp³-hybridized carbons (Fsp3) is 0.520. The van der Waals surface area contributed by atoms with E-state index in [1.807, 2.05) is 49.9 Å². The summed E-state index contributed by atoms with van der Waals surface area (Å²) in [5.74, 6) is -1.30. The summed E-state index contributed by atoms with van der Waals surface area (Å²) in [7, 11) is 10.8. The molecule has 10 heteroatoms. The Morgan fingerprint density at radius 3 is 2.03 bits per heavy atom. The molecule has 0 amide bonds. The van der Waals surface area contributed by atoms with Gasteiger partial charge in [0, 0.05) is 50.3 Å². The van der Waals surface area contributed by atoms with Crippen molar-refractivity contribution in [3.63, 3.8) is 0 Å². The van der Waals surface area contributed by atoms with Gasteiger partial charge in [0.2, 0.25) is 0 Å². The summed E-state index contributed by atoms with van der Waals surface area (Å²) in [6.45, 7) is 1.53. The van der Waals surface area contributed by atoms with Crippen LogP contribution in [0.2, 0.25) is 0 Å². The summed E-state index contributed by atoms with van der Waals surface area (Å²) in [6.07, 6.45) is -3.39. The lowest BCUT2D eigenvalue weighted by Crippen LogP contribution is -2.35. The molecule has 0 aromatic heterocycles. The number of carbonyl (C=O) groups excluding carboxylic acids is 2. The van der Waals surface area contributed by atoms with Crippen LogP contribution in [0.3, 0.4) is 0 Å². The molecule has 0 radical (unpaired) electrons. The van der Waals surface area contributed by atoms with Gasteiger partial charge in [0.05, 0.1) is 18.2 Å². The number of halogens is 3. The quantitative estimate of drug-likeness (QED) is 0.343. The molecule has 0 spiro atoms. The van der Waals surface area contributed by atoms with Gasteiger partial charge in [-0.15, -0.1) is 0 Å². The zero-order valence-corrected chi connectivity index (χ0v) is 21.1. The summed E-state index contributed by atoms with van der Waals surface area (Å²) in [4.78, 5) is 30.2. The van der Waals surface area contributed by atoms with E-state index in [0.717, 1.165) is 23.5 Å². The van der Waals surface area contributed by atoms with E-state index in [9.17, 15) is 22.8 Å². The van der Waals surface area contributed by atoms with Crippen LogP contribution in [-0.4, -0.2) is 89.2 Å². The average Bonchev–Trinajstić information content (AvgIpc) is 2.79. The van der Waals surface area contributed by atoms with Crippen LogP contribution in [0.15, 0.2) is 46.8 Å². The van der Waals surface area contributed by atoms with E-state index in [4.69, 9.17) is 9.47 Å². The van der Waals surface area contributed by atoms with Crippen molar-refractivity contribution in [1.29, 1.82) is 0 Å². The van der Waals surface area contributed by atoms with E-state index in [1.165, 1.54) is 19.2 Å². The van der Waals surface area contributed by atoms with Gasteiger partial charge in [-0.25, -0.2) is 4.79 Å². The Balaban J connectivity index is 2.78. The van der Waals surface area contributed by atoms with Crippen molar-refractivity contribution in [3.05, 3.63) is 57.9 Å². The zero-order chi connectivity index (χ0) is 26.3. The second kappa shape index (κ2) is 12.2. The first-order valence-electron chi connectivity index (χ1n) is 11.2. The van der Waals surface area contributed by atoms with Gasteiger partial charge in [-0.2, -0.15) is 13.2 Å². The molecule has 1 aliphatic heterocycles. The van der Waals surface area contributed by atoms with Crippen LogP contribution in [0.1, 0.15) is 29.9 Å². The smallest absolute Gasteiger partial charge is 0.416 e. The standard InChI is InChI=1S/C25H34F3N3O4/c1-29(2)13-11-20-19(15-35-16-32)22(17-7-9-18(10-8-17)25(26,27)28)23(24(33)34-6)21(31(20)5)12-14-30(3)4/h7-10,16,22H,11-15H2,1-6H3. The summed E-state index contributed by atoms with van der Waals surface area (Å²) < 4.78 is 49.9. The van der Waals surface area contributed by atoms with Crippen molar-refractivity contribution < 1.29 is 32.2 Å². The van der Waals surface area contributed by atoms with Crippen molar-refractivity contribution in [2.45, 2.75) is 24.9 Å². The Labute approximate surface area is 204 Å². The first kappa shape index (κ1) is 28.4. The van der Waals surface area contributed by atoms with Crippen LogP contribution in [0.5, 0.6) is 0 Å². The fourth-order valence-corrected chi connectivity index (χ4v) is 4.22. The molecule has 194 valence electrons. The SMILES string of the molecule is COC(=O)C1=C(CCN(C)C)N(C)C(CCN(C)C)=C(COC=O)C1c1ccc(C(F)(F)F)cc1. The number of esters is 1. The number of hydrogen-bond acceptors (Lipinski definition) is 7. The summed E-state index contributed by atoms with van der Waals surface area (Å²) in [5, 5.41) is 0. The second-order valence-electron chi connectivity index (χ2n) is 8.95. The monoisotopic (exact) mass is 497 g/mol. The number of ether oxygens (including phenoxy) is 2. The Morgan fingerprint density at radius 1 is 1.03 bits per heavy atom. The summed E-state index contributed by atoms with van der Waals surface area (Å²) >= 11 is 0. The molecule has 1 unspecified atom stereocenters. The highest BCUT2D eigenvalue weighted by Crippen LogP contribution is 2.44. The highest BCUT2D eigenvalue weighted by Gasteiger charge is 2.39. The van der Waals surface area contributed by atoms with E-state index < -0.39 is 23.6 Å². The highest BCUT2D eigenvalue weighted by atomic mass is 19.4. The third-order valence-electron chi connectivity index (χ3n) is 6.00. The molecule has 0 aliphatic carbocycles. The molecular weight excluding hydrogens is 463 g/mol. The molecule has 0 saturated carbocycles. The number of hydrogen-bond donors (Lipinski definition) is 0. The number of alkyl halides is 3. The molecule has 1 aromatic carbocycles. The predicted octanol–water partition coefficient (Wildman–Crippen LogP) is 3.49. The molecule has 35 heavy (non-hydrogen) atoms. The molecule has 1 heterocycles. The van der Waals surface area contributed by atoms with Crippen LogP contribution in [0, 0.1) is 0 Å². The molecule has 0 N–H and O–H groups in total. The normalized spacial score (nSPS) is 16.9. The Kier molecular flexibility index (Phi) is 9.91. The van der Waals surface area contributed by atoms with Gasteiger partial charge < -0.3 is 24.2 Å². The van der Waals surface area contributed by atoms with Gasteiger partial charge in [0.25, 0.3) is 6.47 Å². The Bertz CT molecular complexity index is 954. The first-order valence-corrected chi connectivity index (χ1v) is 11.2. The molecule has 0 saturated heterocycles. The van der Waals surface area contributed by atoms with E-state index in [1.54, 1.807) is 0 Å².